The van der Waals surface area contributed by atoms with Gasteiger partial charge in [-0.3, -0.25) is 29.1 Å². The molecule has 134 valence electrons. The second-order valence-electron chi connectivity index (χ2n) is 5.44. The number of aryl methyl sites for hydroxylation is 3. The second kappa shape index (κ2) is 7.11. The fourth-order valence-electron chi connectivity index (χ4n) is 2.46. The van der Waals surface area contributed by atoms with Crippen LogP contribution in [0.25, 0.3) is 0 Å². The van der Waals surface area contributed by atoms with Crippen LogP contribution in [0.3, 0.4) is 0 Å². The van der Waals surface area contributed by atoms with Crippen LogP contribution in [-0.2, 0) is 18.4 Å². The molecule has 2 N–H and O–H groups in total. The molecule has 0 aliphatic carbocycles. The summed E-state index contributed by atoms with van der Waals surface area (Å²) in [5.74, 6) is -0.765. The van der Waals surface area contributed by atoms with E-state index >= 15 is 0 Å². The molecular weight excluding hydrogens is 330 g/mol. The maximum absolute atomic E-state index is 12.1. The maximum Gasteiger partial charge on any atom is 0.312 e. The lowest BCUT2D eigenvalue weighted by Crippen LogP contribution is -2.22. The van der Waals surface area contributed by atoms with E-state index in [0.29, 0.717) is 17.1 Å². The van der Waals surface area contributed by atoms with Crippen molar-refractivity contribution in [2.24, 2.45) is 7.05 Å². The molecular formula is C14H19N7O4. The molecule has 0 unspecified atom stereocenters. The minimum Gasteiger partial charge on any atom is -0.354 e. The van der Waals surface area contributed by atoms with Gasteiger partial charge in [-0.05, 0) is 13.8 Å². The van der Waals surface area contributed by atoms with Gasteiger partial charge in [-0.1, -0.05) is 0 Å². The summed E-state index contributed by atoms with van der Waals surface area (Å²) in [6, 6.07) is 0. The van der Waals surface area contributed by atoms with Gasteiger partial charge in [-0.25, -0.2) is 0 Å². The quantitative estimate of drug-likeness (QED) is 0.576. The Balaban J connectivity index is 2.06. The highest BCUT2D eigenvalue weighted by atomic mass is 16.6. The number of carbonyl (C=O) groups is 2. The van der Waals surface area contributed by atoms with Crippen LogP contribution in [0.4, 0.5) is 11.4 Å². The number of amides is 2. The summed E-state index contributed by atoms with van der Waals surface area (Å²) in [5, 5.41) is 24.2. The molecule has 0 saturated carbocycles. The highest BCUT2D eigenvalue weighted by molar-refractivity contribution is 6.02. The van der Waals surface area contributed by atoms with E-state index in [2.05, 4.69) is 20.8 Å². The van der Waals surface area contributed by atoms with Crippen molar-refractivity contribution >= 4 is 23.2 Å². The van der Waals surface area contributed by atoms with Gasteiger partial charge >= 0.3 is 5.69 Å². The maximum atomic E-state index is 12.1. The average Bonchev–Trinajstić information content (AvgIpc) is 3.03. The number of carbonyl (C=O) groups excluding carboxylic acids is 2. The van der Waals surface area contributed by atoms with Crippen LogP contribution in [0.5, 0.6) is 0 Å². The van der Waals surface area contributed by atoms with Crippen LogP contribution >= 0.6 is 0 Å². The lowest BCUT2D eigenvalue weighted by Gasteiger charge is -2.06. The molecule has 2 aromatic rings. The normalized spacial score (nSPS) is 10.6. The van der Waals surface area contributed by atoms with Crippen molar-refractivity contribution in [3.05, 3.63) is 33.4 Å². The number of aromatic nitrogens is 4. The predicted octanol–water partition coefficient (Wildman–Crippen LogP) is 0.530. The SMILES string of the molecule is CNC(=O)c1nn(C)cc1NC(=O)CCn1nc(C)c([N+](=O)[O-])c1C. The van der Waals surface area contributed by atoms with Gasteiger partial charge in [-0.2, -0.15) is 10.2 Å². The highest BCUT2D eigenvalue weighted by Crippen LogP contribution is 2.22. The van der Waals surface area contributed by atoms with Crippen molar-refractivity contribution in [3.63, 3.8) is 0 Å². The van der Waals surface area contributed by atoms with E-state index in [0.717, 1.165) is 0 Å². The summed E-state index contributed by atoms with van der Waals surface area (Å²) in [6.07, 6.45) is 1.57. The topological polar surface area (TPSA) is 137 Å². The smallest absolute Gasteiger partial charge is 0.312 e. The molecule has 0 aliphatic heterocycles. The first-order chi connectivity index (χ1) is 11.7. The van der Waals surface area contributed by atoms with Crippen LogP contribution < -0.4 is 10.6 Å². The van der Waals surface area contributed by atoms with Crippen molar-refractivity contribution in [2.45, 2.75) is 26.8 Å². The molecule has 0 radical (unpaired) electrons. The molecule has 0 aromatic carbocycles. The molecule has 11 heteroatoms. The zero-order valence-corrected chi connectivity index (χ0v) is 14.4. The summed E-state index contributed by atoms with van der Waals surface area (Å²) in [5.41, 5.74) is 1.06. The van der Waals surface area contributed by atoms with Gasteiger partial charge in [0.15, 0.2) is 5.69 Å². The molecule has 0 aliphatic rings. The molecule has 2 amide bonds. The number of anilines is 1. The van der Waals surface area contributed by atoms with Gasteiger partial charge in [0.05, 0.1) is 17.2 Å². The van der Waals surface area contributed by atoms with E-state index in [-0.39, 0.29) is 30.3 Å². The summed E-state index contributed by atoms with van der Waals surface area (Å²) >= 11 is 0. The molecule has 0 atom stereocenters. The number of rotatable bonds is 6. The zero-order valence-electron chi connectivity index (χ0n) is 14.4. The molecule has 2 heterocycles. The van der Waals surface area contributed by atoms with Gasteiger partial charge < -0.3 is 10.6 Å². The summed E-state index contributed by atoms with van der Waals surface area (Å²) in [6.45, 7) is 3.32. The molecule has 11 nitrogen and oxygen atoms in total. The predicted molar refractivity (Wildman–Crippen MR) is 88.2 cm³/mol. The summed E-state index contributed by atoms with van der Waals surface area (Å²) in [4.78, 5) is 34.4. The van der Waals surface area contributed by atoms with Crippen LogP contribution in [0.15, 0.2) is 6.20 Å². The van der Waals surface area contributed by atoms with Crippen LogP contribution in [0.1, 0.15) is 28.3 Å². The Hall–Kier alpha value is -3.24. The molecule has 0 bridgehead atoms. The van der Waals surface area contributed by atoms with E-state index < -0.39 is 10.8 Å². The highest BCUT2D eigenvalue weighted by Gasteiger charge is 2.22. The Morgan fingerprint density at radius 3 is 2.56 bits per heavy atom. The third kappa shape index (κ3) is 3.82. The van der Waals surface area contributed by atoms with Crippen molar-refractivity contribution in [1.82, 2.24) is 24.9 Å². The average molecular weight is 349 g/mol. The van der Waals surface area contributed by atoms with Crippen LogP contribution in [0, 0.1) is 24.0 Å². The minimum atomic E-state index is -0.487. The zero-order chi connectivity index (χ0) is 18.7. The van der Waals surface area contributed by atoms with Gasteiger partial charge in [0, 0.05) is 26.7 Å². The van der Waals surface area contributed by atoms with Crippen molar-refractivity contribution in [2.75, 3.05) is 12.4 Å². The first-order valence-corrected chi connectivity index (χ1v) is 7.48. The number of hydrogen-bond donors (Lipinski definition) is 2. The number of nitrogens with zero attached hydrogens (tertiary/aromatic N) is 5. The van der Waals surface area contributed by atoms with Crippen LogP contribution in [0.2, 0.25) is 0 Å². The van der Waals surface area contributed by atoms with E-state index in [1.54, 1.807) is 20.9 Å². The Morgan fingerprint density at radius 2 is 2.00 bits per heavy atom. The third-order valence-electron chi connectivity index (χ3n) is 3.62. The summed E-state index contributed by atoms with van der Waals surface area (Å²) < 4.78 is 2.85. The molecule has 0 fully saturated rings. The van der Waals surface area contributed by atoms with Crippen molar-refractivity contribution in [3.8, 4) is 0 Å². The molecule has 0 spiro atoms. The fourth-order valence-corrected chi connectivity index (χ4v) is 2.46. The van der Waals surface area contributed by atoms with Gasteiger partial charge in [-0.15, -0.1) is 0 Å². The van der Waals surface area contributed by atoms with Crippen molar-refractivity contribution in [1.29, 1.82) is 0 Å². The van der Waals surface area contributed by atoms with E-state index in [1.807, 2.05) is 0 Å². The number of nitrogens with one attached hydrogen (secondary N) is 2. The monoisotopic (exact) mass is 349 g/mol. The third-order valence-corrected chi connectivity index (χ3v) is 3.62. The Kier molecular flexibility index (Phi) is 5.15. The van der Waals surface area contributed by atoms with Crippen LogP contribution in [-0.4, -0.2) is 43.3 Å². The van der Waals surface area contributed by atoms with E-state index in [9.17, 15) is 19.7 Å². The van der Waals surface area contributed by atoms with Gasteiger partial charge in [0.2, 0.25) is 5.91 Å². The standard InChI is InChI=1S/C14H19N7O4/c1-8-13(21(24)25)9(2)20(17-8)6-5-11(22)16-10-7-19(4)18-12(10)14(23)15-3/h7H,5-6H2,1-4H3,(H,15,23)(H,16,22). The van der Waals surface area contributed by atoms with Gasteiger partial charge in [0.25, 0.3) is 5.91 Å². The number of nitro groups is 1. The second-order valence-corrected chi connectivity index (χ2v) is 5.44. The van der Waals surface area contributed by atoms with E-state index in [1.165, 1.54) is 22.6 Å². The Morgan fingerprint density at radius 1 is 1.32 bits per heavy atom. The molecule has 2 rings (SSSR count). The first kappa shape index (κ1) is 18.1. The van der Waals surface area contributed by atoms with Gasteiger partial charge in [0.1, 0.15) is 11.4 Å². The Bertz CT molecular complexity index is 837. The Labute approximate surface area is 143 Å². The summed E-state index contributed by atoms with van der Waals surface area (Å²) in [7, 11) is 3.11. The van der Waals surface area contributed by atoms with Crippen molar-refractivity contribution < 1.29 is 14.5 Å². The largest absolute Gasteiger partial charge is 0.354 e. The lowest BCUT2D eigenvalue weighted by atomic mass is 10.3. The number of hydrogen-bond acceptors (Lipinski definition) is 6. The molecule has 2 aromatic heterocycles. The first-order valence-electron chi connectivity index (χ1n) is 7.48. The minimum absolute atomic E-state index is 0.0428. The molecule has 25 heavy (non-hydrogen) atoms. The van der Waals surface area contributed by atoms with E-state index in [4.69, 9.17) is 0 Å². The fraction of sp³-hybridized carbons (Fsp3) is 0.429. The molecule has 0 saturated heterocycles. The lowest BCUT2D eigenvalue weighted by molar-refractivity contribution is -0.386.